The number of esters is 1. The SMILES string of the molecule is CC(C)[C@@H](OC(=O)CN1C(=O)CSc2ccccc21)C(=O)NC(N)=O. The van der Waals surface area contributed by atoms with Crippen LogP contribution in [0.3, 0.4) is 0 Å². The summed E-state index contributed by atoms with van der Waals surface area (Å²) in [7, 11) is 0. The Morgan fingerprint density at radius 1 is 1.32 bits per heavy atom. The summed E-state index contributed by atoms with van der Waals surface area (Å²) in [6.07, 6.45) is -1.18. The van der Waals surface area contributed by atoms with E-state index in [9.17, 15) is 19.2 Å². The number of thioether (sulfide) groups is 1. The molecule has 0 spiro atoms. The zero-order valence-electron chi connectivity index (χ0n) is 13.9. The molecule has 0 saturated heterocycles. The topological polar surface area (TPSA) is 119 Å². The maximum Gasteiger partial charge on any atom is 0.326 e. The largest absolute Gasteiger partial charge is 0.451 e. The van der Waals surface area contributed by atoms with Crippen LogP contribution in [0.5, 0.6) is 0 Å². The molecule has 0 fully saturated rings. The number of nitrogens with two attached hydrogens (primary N) is 1. The second-order valence-electron chi connectivity index (χ2n) is 5.74. The van der Waals surface area contributed by atoms with Crippen molar-refractivity contribution in [3.05, 3.63) is 24.3 Å². The van der Waals surface area contributed by atoms with Gasteiger partial charge < -0.3 is 10.5 Å². The molecule has 134 valence electrons. The Hall–Kier alpha value is -2.55. The first-order chi connectivity index (χ1) is 11.8. The van der Waals surface area contributed by atoms with Gasteiger partial charge in [0, 0.05) is 4.90 Å². The number of urea groups is 1. The molecule has 0 radical (unpaired) electrons. The maximum absolute atomic E-state index is 12.3. The third-order valence-corrected chi connectivity index (χ3v) is 4.51. The molecule has 3 N–H and O–H groups in total. The fourth-order valence-corrected chi connectivity index (χ4v) is 3.26. The standard InChI is InChI=1S/C16H19N3O5S/c1-9(2)14(15(22)18-16(17)23)24-13(21)7-19-10-5-3-4-6-11(10)25-8-12(19)20/h3-6,9,14H,7-8H2,1-2H3,(H3,17,18,22,23)/t14-/m1/s1. The highest BCUT2D eigenvalue weighted by molar-refractivity contribution is 8.00. The van der Waals surface area contributed by atoms with Crippen LogP contribution in [0, 0.1) is 5.92 Å². The first kappa shape index (κ1) is 18.8. The Kier molecular flexibility index (Phi) is 6.02. The average molecular weight is 365 g/mol. The van der Waals surface area contributed by atoms with E-state index in [0.717, 1.165) is 4.90 Å². The molecule has 4 amide bonds. The quantitative estimate of drug-likeness (QED) is 0.748. The number of rotatable bonds is 5. The Morgan fingerprint density at radius 3 is 2.64 bits per heavy atom. The summed E-state index contributed by atoms with van der Waals surface area (Å²) in [4.78, 5) is 49.3. The van der Waals surface area contributed by atoms with E-state index in [1.165, 1.54) is 16.7 Å². The molecule has 1 atom stereocenters. The van der Waals surface area contributed by atoms with Crippen LogP contribution < -0.4 is 16.0 Å². The highest BCUT2D eigenvalue weighted by atomic mass is 32.2. The minimum absolute atomic E-state index is 0.219. The van der Waals surface area contributed by atoms with E-state index in [1.54, 1.807) is 26.0 Å². The Bertz CT molecular complexity index is 707. The second-order valence-corrected chi connectivity index (χ2v) is 6.76. The van der Waals surface area contributed by atoms with Gasteiger partial charge in [0.25, 0.3) is 5.91 Å². The van der Waals surface area contributed by atoms with Crippen molar-refractivity contribution in [1.82, 2.24) is 5.32 Å². The minimum atomic E-state index is -1.18. The maximum atomic E-state index is 12.3. The number of fused-ring (bicyclic) bond motifs is 1. The van der Waals surface area contributed by atoms with Gasteiger partial charge >= 0.3 is 12.0 Å². The van der Waals surface area contributed by atoms with E-state index in [4.69, 9.17) is 10.5 Å². The summed E-state index contributed by atoms with van der Waals surface area (Å²) in [5.74, 6) is -1.91. The van der Waals surface area contributed by atoms with Crippen LogP contribution in [0.15, 0.2) is 29.2 Å². The number of nitrogens with one attached hydrogen (secondary N) is 1. The first-order valence-corrected chi connectivity index (χ1v) is 8.60. The van der Waals surface area contributed by atoms with E-state index in [1.807, 2.05) is 17.4 Å². The number of amides is 4. The molecular weight excluding hydrogens is 346 g/mol. The van der Waals surface area contributed by atoms with Crippen molar-refractivity contribution in [2.24, 2.45) is 11.7 Å². The highest BCUT2D eigenvalue weighted by Crippen LogP contribution is 2.34. The van der Waals surface area contributed by atoms with Gasteiger partial charge in [-0.15, -0.1) is 11.8 Å². The molecule has 1 heterocycles. The summed E-state index contributed by atoms with van der Waals surface area (Å²) in [5.41, 5.74) is 5.54. The smallest absolute Gasteiger partial charge is 0.326 e. The van der Waals surface area contributed by atoms with Crippen molar-refractivity contribution in [2.45, 2.75) is 24.8 Å². The van der Waals surface area contributed by atoms with Gasteiger partial charge in [0.2, 0.25) is 5.91 Å². The summed E-state index contributed by atoms with van der Waals surface area (Å²) < 4.78 is 5.18. The van der Waals surface area contributed by atoms with Crippen LogP contribution in [-0.4, -0.2) is 42.2 Å². The lowest BCUT2D eigenvalue weighted by Crippen LogP contribution is -2.47. The fraction of sp³-hybridized carbons (Fsp3) is 0.375. The fourth-order valence-electron chi connectivity index (χ4n) is 2.32. The van der Waals surface area contributed by atoms with Gasteiger partial charge in [0.1, 0.15) is 6.54 Å². The van der Waals surface area contributed by atoms with Crippen molar-refractivity contribution >= 4 is 41.3 Å². The number of imide groups is 1. The molecule has 1 aromatic carbocycles. The molecule has 25 heavy (non-hydrogen) atoms. The van der Waals surface area contributed by atoms with Crippen molar-refractivity contribution in [2.75, 3.05) is 17.2 Å². The Labute approximate surface area is 149 Å². The number of carbonyl (C=O) groups is 4. The van der Waals surface area contributed by atoms with Crippen LogP contribution in [0.4, 0.5) is 10.5 Å². The lowest BCUT2D eigenvalue weighted by Gasteiger charge is -2.29. The zero-order valence-corrected chi connectivity index (χ0v) is 14.7. The van der Waals surface area contributed by atoms with Crippen molar-refractivity contribution in [1.29, 1.82) is 0 Å². The summed E-state index contributed by atoms with van der Waals surface area (Å²) in [6, 6.07) is 6.20. The van der Waals surface area contributed by atoms with Crippen molar-refractivity contribution in [3.8, 4) is 0 Å². The zero-order chi connectivity index (χ0) is 18.6. The molecule has 1 aromatic rings. The van der Waals surface area contributed by atoms with Crippen LogP contribution in [0.25, 0.3) is 0 Å². The van der Waals surface area contributed by atoms with Gasteiger partial charge in [-0.1, -0.05) is 26.0 Å². The van der Waals surface area contributed by atoms with Gasteiger partial charge in [0.05, 0.1) is 11.4 Å². The van der Waals surface area contributed by atoms with Crippen LogP contribution >= 0.6 is 11.8 Å². The van der Waals surface area contributed by atoms with Gasteiger partial charge in [-0.25, -0.2) is 4.79 Å². The number of hydrogen-bond donors (Lipinski definition) is 2. The highest BCUT2D eigenvalue weighted by Gasteiger charge is 2.31. The summed E-state index contributed by atoms with van der Waals surface area (Å²) in [5, 5.41) is 1.90. The van der Waals surface area contributed by atoms with Gasteiger partial charge in [-0.2, -0.15) is 0 Å². The molecule has 2 rings (SSSR count). The van der Waals surface area contributed by atoms with Crippen LogP contribution in [-0.2, 0) is 19.1 Å². The number of hydrogen-bond acceptors (Lipinski definition) is 6. The molecular formula is C16H19N3O5S. The number of nitrogens with zero attached hydrogens (tertiary/aromatic N) is 1. The molecule has 1 aliphatic rings. The van der Waals surface area contributed by atoms with Crippen LogP contribution in [0.2, 0.25) is 0 Å². The van der Waals surface area contributed by atoms with E-state index < -0.39 is 24.0 Å². The number of primary amides is 1. The first-order valence-electron chi connectivity index (χ1n) is 7.61. The lowest BCUT2D eigenvalue weighted by molar-refractivity contribution is -0.157. The predicted molar refractivity (Wildman–Crippen MR) is 92.0 cm³/mol. The average Bonchev–Trinajstić information content (AvgIpc) is 2.54. The Morgan fingerprint density at radius 2 is 2.00 bits per heavy atom. The third-order valence-electron chi connectivity index (χ3n) is 3.46. The number of carbonyl (C=O) groups excluding carboxylic acids is 4. The second kappa shape index (κ2) is 8.02. The van der Waals surface area contributed by atoms with Crippen LogP contribution in [0.1, 0.15) is 13.8 Å². The Balaban J connectivity index is 2.09. The van der Waals surface area contributed by atoms with E-state index in [-0.39, 0.29) is 24.1 Å². The van der Waals surface area contributed by atoms with E-state index in [2.05, 4.69) is 0 Å². The molecule has 8 nitrogen and oxygen atoms in total. The monoisotopic (exact) mass is 365 g/mol. The molecule has 9 heteroatoms. The molecule has 0 aromatic heterocycles. The van der Waals surface area contributed by atoms with Gasteiger partial charge in [-0.3, -0.25) is 24.6 Å². The number of ether oxygens (including phenoxy) is 1. The normalized spacial score (nSPS) is 14.7. The molecule has 1 aliphatic heterocycles. The molecule has 0 bridgehead atoms. The molecule has 0 saturated carbocycles. The number of benzene rings is 1. The van der Waals surface area contributed by atoms with Crippen molar-refractivity contribution in [3.63, 3.8) is 0 Å². The van der Waals surface area contributed by atoms with Gasteiger partial charge in [-0.05, 0) is 18.1 Å². The predicted octanol–water partition coefficient (Wildman–Crippen LogP) is 0.888. The third kappa shape index (κ3) is 4.72. The van der Waals surface area contributed by atoms with E-state index in [0.29, 0.717) is 5.69 Å². The lowest BCUT2D eigenvalue weighted by atomic mass is 10.1. The molecule has 0 unspecified atom stereocenters. The van der Waals surface area contributed by atoms with Gasteiger partial charge in [0.15, 0.2) is 6.10 Å². The number of para-hydroxylation sites is 1. The minimum Gasteiger partial charge on any atom is -0.451 e. The summed E-state index contributed by atoms with van der Waals surface area (Å²) in [6.45, 7) is 3.01. The molecule has 0 aliphatic carbocycles. The van der Waals surface area contributed by atoms with E-state index >= 15 is 0 Å². The van der Waals surface area contributed by atoms with Crippen molar-refractivity contribution < 1.29 is 23.9 Å². The number of anilines is 1. The summed E-state index contributed by atoms with van der Waals surface area (Å²) >= 11 is 1.40.